The Balaban J connectivity index is 2.78. The highest BCUT2D eigenvalue weighted by Gasteiger charge is 2.17. The summed E-state index contributed by atoms with van der Waals surface area (Å²) in [7, 11) is 1.25. The Bertz CT molecular complexity index is 505. The molecule has 2 N–H and O–H groups in total. The summed E-state index contributed by atoms with van der Waals surface area (Å²) in [6.45, 7) is 5.37. The maximum Gasteiger partial charge on any atom is 0.407 e. The van der Waals surface area contributed by atoms with Gasteiger partial charge in [0.15, 0.2) is 0 Å². The minimum absolute atomic E-state index is 0.0496. The largest absolute Gasteiger partial charge is 0.508 e. The van der Waals surface area contributed by atoms with Crippen LogP contribution in [-0.4, -0.2) is 29.9 Å². The SMILES string of the molecule is COC(=O)c1cc(O)ccc1CNC(=O)OC(C)(C)C. The van der Waals surface area contributed by atoms with Gasteiger partial charge in [-0.3, -0.25) is 0 Å². The molecule has 0 bridgehead atoms. The van der Waals surface area contributed by atoms with Gasteiger partial charge in [0.05, 0.1) is 12.7 Å². The van der Waals surface area contributed by atoms with Crippen molar-refractivity contribution < 1.29 is 24.2 Å². The molecule has 0 aromatic heterocycles. The highest BCUT2D eigenvalue weighted by Crippen LogP contribution is 2.18. The Morgan fingerprint density at radius 3 is 2.50 bits per heavy atom. The summed E-state index contributed by atoms with van der Waals surface area (Å²) < 4.78 is 9.72. The standard InChI is InChI=1S/C14H19NO5/c1-14(2,3)20-13(18)15-8-9-5-6-10(16)7-11(9)12(17)19-4/h5-7,16H,8H2,1-4H3,(H,15,18). The first-order chi connectivity index (χ1) is 9.23. The Kier molecular flexibility index (Phi) is 4.96. The van der Waals surface area contributed by atoms with Crippen LogP contribution >= 0.6 is 0 Å². The summed E-state index contributed by atoms with van der Waals surface area (Å²) in [6.07, 6.45) is -0.582. The summed E-state index contributed by atoms with van der Waals surface area (Å²) in [5, 5.41) is 11.9. The molecular weight excluding hydrogens is 262 g/mol. The Morgan fingerprint density at radius 1 is 1.30 bits per heavy atom. The van der Waals surface area contributed by atoms with Crippen molar-refractivity contribution in [1.82, 2.24) is 5.32 Å². The fourth-order valence-corrected chi connectivity index (χ4v) is 1.50. The van der Waals surface area contributed by atoms with Gasteiger partial charge in [0.1, 0.15) is 11.4 Å². The molecule has 0 aliphatic carbocycles. The first kappa shape index (κ1) is 15.8. The predicted molar refractivity (Wildman–Crippen MR) is 72.5 cm³/mol. The number of esters is 1. The Morgan fingerprint density at radius 2 is 1.95 bits per heavy atom. The highest BCUT2D eigenvalue weighted by atomic mass is 16.6. The van der Waals surface area contributed by atoms with Gasteiger partial charge in [0.2, 0.25) is 0 Å². The van der Waals surface area contributed by atoms with E-state index in [1.54, 1.807) is 26.8 Å². The van der Waals surface area contributed by atoms with Crippen molar-refractivity contribution >= 4 is 12.1 Å². The molecule has 1 aromatic carbocycles. The number of nitrogens with one attached hydrogen (secondary N) is 1. The highest BCUT2D eigenvalue weighted by molar-refractivity contribution is 5.91. The average molecular weight is 281 g/mol. The second-order valence-corrected chi connectivity index (χ2v) is 5.19. The lowest BCUT2D eigenvalue weighted by Gasteiger charge is -2.20. The smallest absolute Gasteiger partial charge is 0.407 e. The summed E-state index contributed by atoms with van der Waals surface area (Å²) >= 11 is 0. The van der Waals surface area contributed by atoms with E-state index in [1.165, 1.54) is 19.2 Å². The maximum atomic E-state index is 11.6. The second kappa shape index (κ2) is 6.27. The zero-order valence-electron chi connectivity index (χ0n) is 12.0. The lowest BCUT2D eigenvalue weighted by molar-refractivity contribution is 0.0518. The van der Waals surface area contributed by atoms with E-state index in [4.69, 9.17) is 4.74 Å². The van der Waals surface area contributed by atoms with Crippen LogP contribution < -0.4 is 5.32 Å². The van der Waals surface area contributed by atoms with Gasteiger partial charge >= 0.3 is 12.1 Å². The lowest BCUT2D eigenvalue weighted by atomic mass is 10.1. The van der Waals surface area contributed by atoms with E-state index < -0.39 is 17.7 Å². The van der Waals surface area contributed by atoms with Gasteiger partial charge in [0, 0.05) is 6.54 Å². The number of ether oxygens (including phenoxy) is 2. The van der Waals surface area contributed by atoms with E-state index in [2.05, 4.69) is 10.1 Å². The number of carbonyl (C=O) groups is 2. The molecule has 1 amide bonds. The number of hydrogen-bond donors (Lipinski definition) is 2. The number of benzene rings is 1. The fourth-order valence-electron chi connectivity index (χ4n) is 1.50. The van der Waals surface area contributed by atoms with Crippen LogP contribution in [0.2, 0.25) is 0 Å². The van der Waals surface area contributed by atoms with Crippen molar-refractivity contribution in [2.24, 2.45) is 0 Å². The number of alkyl carbamates (subject to hydrolysis) is 1. The number of phenolic OH excluding ortho intramolecular Hbond substituents is 1. The molecule has 0 aliphatic heterocycles. The van der Waals surface area contributed by atoms with Crippen LogP contribution in [-0.2, 0) is 16.0 Å². The van der Waals surface area contributed by atoms with E-state index in [9.17, 15) is 14.7 Å². The normalized spacial score (nSPS) is 10.8. The summed E-state index contributed by atoms with van der Waals surface area (Å²) in [5.41, 5.74) is 0.133. The number of methoxy groups -OCH3 is 1. The maximum absolute atomic E-state index is 11.6. The summed E-state index contributed by atoms with van der Waals surface area (Å²) in [5.74, 6) is -0.631. The third-order valence-electron chi connectivity index (χ3n) is 2.32. The van der Waals surface area contributed by atoms with E-state index in [1.807, 2.05) is 0 Å². The number of aromatic hydroxyl groups is 1. The lowest BCUT2D eigenvalue weighted by Crippen LogP contribution is -2.32. The third kappa shape index (κ3) is 4.79. The number of carbonyl (C=O) groups excluding carboxylic acids is 2. The van der Waals surface area contributed by atoms with Gasteiger partial charge in [-0.2, -0.15) is 0 Å². The second-order valence-electron chi connectivity index (χ2n) is 5.19. The van der Waals surface area contributed by atoms with Crippen molar-refractivity contribution in [2.75, 3.05) is 7.11 Å². The summed E-state index contributed by atoms with van der Waals surface area (Å²) in [4.78, 5) is 23.1. The number of hydrogen-bond acceptors (Lipinski definition) is 5. The van der Waals surface area contributed by atoms with E-state index in [-0.39, 0.29) is 17.9 Å². The first-order valence-corrected chi connectivity index (χ1v) is 6.10. The van der Waals surface area contributed by atoms with Gasteiger partial charge in [-0.05, 0) is 38.5 Å². The predicted octanol–water partition coefficient (Wildman–Crippen LogP) is 2.20. The molecule has 0 fully saturated rings. The molecule has 6 heteroatoms. The molecule has 0 heterocycles. The fraction of sp³-hybridized carbons (Fsp3) is 0.429. The van der Waals surface area contributed by atoms with Crippen LogP contribution in [0, 0.1) is 0 Å². The number of phenols is 1. The topological polar surface area (TPSA) is 84.9 Å². The van der Waals surface area contributed by atoms with Crippen LogP contribution in [0.5, 0.6) is 5.75 Å². The molecule has 1 aromatic rings. The molecule has 0 unspecified atom stereocenters. The quantitative estimate of drug-likeness (QED) is 0.830. The molecule has 1 rings (SSSR count). The van der Waals surface area contributed by atoms with E-state index >= 15 is 0 Å². The van der Waals surface area contributed by atoms with Gasteiger partial charge in [-0.1, -0.05) is 6.07 Å². The molecule has 0 spiro atoms. The van der Waals surface area contributed by atoms with E-state index in [0.29, 0.717) is 5.56 Å². The van der Waals surface area contributed by atoms with Crippen molar-refractivity contribution in [3.05, 3.63) is 29.3 Å². The van der Waals surface area contributed by atoms with Crippen molar-refractivity contribution in [2.45, 2.75) is 32.9 Å². The molecule has 0 saturated carbocycles. The third-order valence-corrected chi connectivity index (χ3v) is 2.32. The summed E-state index contributed by atoms with van der Waals surface area (Å²) in [6, 6.07) is 4.26. The monoisotopic (exact) mass is 281 g/mol. The van der Waals surface area contributed by atoms with Crippen LogP contribution in [0.15, 0.2) is 18.2 Å². The zero-order chi connectivity index (χ0) is 15.3. The molecular formula is C14H19NO5. The van der Waals surface area contributed by atoms with Crippen LogP contribution in [0.25, 0.3) is 0 Å². The van der Waals surface area contributed by atoms with Gasteiger partial charge in [0.25, 0.3) is 0 Å². The Hall–Kier alpha value is -2.24. The molecule has 0 atom stereocenters. The minimum Gasteiger partial charge on any atom is -0.508 e. The molecule has 0 radical (unpaired) electrons. The van der Waals surface area contributed by atoms with Gasteiger partial charge < -0.3 is 19.9 Å². The van der Waals surface area contributed by atoms with E-state index in [0.717, 1.165) is 0 Å². The van der Waals surface area contributed by atoms with Crippen molar-refractivity contribution in [1.29, 1.82) is 0 Å². The number of rotatable bonds is 3. The van der Waals surface area contributed by atoms with Crippen LogP contribution in [0.4, 0.5) is 4.79 Å². The average Bonchev–Trinajstić information content (AvgIpc) is 2.34. The van der Waals surface area contributed by atoms with Gasteiger partial charge in [-0.25, -0.2) is 9.59 Å². The zero-order valence-corrected chi connectivity index (χ0v) is 12.0. The molecule has 0 aliphatic rings. The molecule has 6 nitrogen and oxygen atoms in total. The van der Waals surface area contributed by atoms with Gasteiger partial charge in [-0.15, -0.1) is 0 Å². The molecule has 110 valence electrons. The Labute approximate surface area is 117 Å². The van der Waals surface area contributed by atoms with Crippen LogP contribution in [0.1, 0.15) is 36.7 Å². The first-order valence-electron chi connectivity index (χ1n) is 6.10. The van der Waals surface area contributed by atoms with Crippen LogP contribution in [0.3, 0.4) is 0 Å². The van der Waals surface area contributed by atoms with Crippen molar-refractivity contribution in [3.63, 3.8) is 0 Å². The number of amides is 1. The van der Waals surface area contributed by atoms with Crippen molar-refractivity contribution in [3.8, 4) is 5.75 Å². The molecule has 0 saturated heterocycles. The minimum atomic E-state index is -0.593. The molecule has 20 heavy (non-hydrogen) atoms.